The van der Waals surface area contributed by atoms with E-state index in [9.17, 15) is 9.59 Å². The molecular weight excluding hydrogens is 246 g/mol. The molecular formula is C14H15NO4. The number of hydrogen-bond acceptors (Lipinski definition) is 3. The van der Waals surface area contributed by atoms with Crippen LogP contribution in [0.4, 0.5) is 0 Å². The van der Waals surface area contributed by atoms with Crippen molar-refractivity contribution in [3.63, 3.8) is 0 Å². The summed E-state index contributed by atoms with van der Waals surface area (Å²) in [5, 5.41) is 12.1. The normalized spacial score (nSPS) is 14.0. The Bertz CT molecular complexity index is 584. The Balaban J connectivity index is 2.16. The zero-order chi connectivity index (χ0) is 14.0. The molecule has 0 aliphatic carbocycles. The molecule has 1 heterocycles. The zero-order valence-corrected chi connectivity index (χ0v) is 10.7. The Kier molecular flexibility index (Phi) is 3.55. The minimum Gasteiger partial charge on any atom is -0.480 e. The number of rotatable bonds is 4. The molecule has 0 saturated heterocycles. The van der Waals surface area contributed by atoms with Crippen LogP contribution in [0, 0.1) is 0 Å². The van der Waals surface area contributed by atoms with Crippen LogP contribution >= 0.6 is 0 Å². The van der Waals surface area contributed by atoms with Crippen molar-refractivity contribution in [1.82, 2.24) is 5.32 Å². The van der Waals surface area contributed by atoms with Crippen molar-refractivity contribution >= 4 is 22.8 Å². The van der Waals surface area contributed by atoms with Crippen molar-refractivity contribution in [3.8, 4) is 0 Å². The fourth-order valence-corrected chi connectivity index (χ4v) is 1.75. The number of hydrogen-bond donors (Lipinski definition) is 2. The van der Waals surface area contributed by atoms with Crippen molar-refractivity contribution in [2.45, 2.75) is 25.8 Å². The van der Waals surface area contributed by atoms with Crippen molar-refractivity contribution in [2.24, 2.45) is 0 Å². The number of amides is 1. The van der Waals surface area contributed by atoms with Gasteiger partial charge in [0.1, 0.15) is 17.4 Å². The molecule has 0 bridgehead atoms. The highest BCUT2D eigenvalue weighted by Gasteiger charge is 2.22. The molecule has 5 heteroatoms. The van der Waals surface area contributed by atoms with Crippen molar-refractivity contribution < 1.29 is 19.1 Å². The summed E-state index contributed by atoms with van der Waals surface area (Å²) in [7, 11) is 0. The number of carbonyl (C=O) groups excluding carboxylic acids is 1. The first-order valence-corrected chi connectivity index (χ1v) is 6.00. The van der Waals surface area contributed by atoms with Gasteiger partial charge >= 0.3 is 5.97 Å². The fourth-order valence-electron chi connectivity index (χ4n) is 1.75. The lowest BCUT2D eigenvalue weighted by Crippen LogP contribution is -2.40. The second-order valence-corrected chi connectivity index (χ2v) is 4.48. The number of fused-ring (bicyclic) bond motifs is 1. The van der Waals surface area contributed by atoms with Crippen molar-refractivity contribution in [3.05, 3.63) is 36.1 Å². The molecule has 2 atom stereocenters. The minimum absolute atomic E-state index is 0.367. The lowest BCUT2D eigenvalue weighted by atomic mass is 10.1. The molecule has 1 amide bonds. The monoisotopic (exact) mass is 261 g/mol. The smallest absolute Gasteiger partial charge is 0.325 e. The number of aliphatic carboxylic acids is 1. The molecule has 19 heavy (non-hydrogen) atoms. The molecule has 0 radical (unpaired) electrons. The van der Waals surface area contributed by atoms with Gasteiger partial charge in [0.25, 0.3) is 0 Å². The standard InChI is InChI=1S/C14H15NO4/c1-8(13(16)15-9(2)14(17)18)12-7-10-5-3-4-6-11(10)19-12/h3-9H,1-2H3,(H,15,16)(H,17,18). The van der Waals surface area contributed by atoms with E-state index in [1.807, 2.05) is 24.3 Å². The molecule has 0 saturated carbocycles. The lowest BCUT2D eigenvalue weighted by Gasteiger charge is -2.12. The molecule has 0 fully saturated rings. The summed E-state index contributed by atoms with van der Waals surface area (Å²) in [6, 6.07) is 8.34. The topological polar surface area (TPSA) is 79.5 Å². The van der Waals surface area contributed by atoms with E-state index in [4.69, 9.17) is 9.52 Å². The van der Waals surface area contributed by atoms with E-state index in [1.165, 1.54) is 6.92 Å². The molecule has 100 valence electrons. The van der Waals surface area contributed by atoms with E-state index >= 15 is 0 Å². The third-order valence-corrected chi connectivity index (χ3v) is 2.99. The first kappa shape index (κ1) is 13.1. The minimum atomic E-state index is -1.06. The van der Waals surface area contributed by atoms with Crippen LogP contribution in [0.5, 0.6) is 0 Å². The van der Waals surface area contributed by atoms with E-state index in [0.29, 0.717) is 11.3 Å². The largest absolute Gasteiger partial charge is 0.480 e. The highest BCUT2D eigenvalue weighted by Crippen LogP contribution is 2.25. The number of furan rings is 1. The van der Waals surface area contributed by atoms with Crippen LogP contribution in [0.1, 0.15) is 25.5 Å². The summed E-state index contributed by atoms with van der Waals surface area (Å²) in [6.07, 6.45) is 0. The summed E-state index contributed by atoms with van der Waals surface area (Å²) >= 11 is 0. The Morgan fingerprint density at radius 2 is 1.95 bits per heavy atom. The Morgan fingerprint density at radius 3 is 2.58 bits per heavy atom. The van der Waals surface area contributed by atoms with Gasteiger partial charge in [-0.2, -0.15) is 0 Å². The lowest BCUT2D eigenvalue weighted by molar-refractivity contribution is -0.141. The Hall–Kier alpha value is -2.30. The molecule has 5 nitrogen and oxygen atoms in total. The Labute approximate surface area is 110 Å². The van der Waals surface area contributed by atoms with Gasteiger partial charge in [-0.25, -0.2) is 0 Å². The number of carboxylic acid groups (broad SMARTS) is 1. The van der Waals surface area contributed by atoms with Crippen LogP contribution in [-0.4, -0.2) is 23.0 Å². The Morgan fingerprint density at radius 1 is 1.26 bits per heavy atom. The van der Waals surface area contributed by atoms with Crippen molar-refractivity contribution in [2.75, 3.05) is 0 Å². The predicted octanol–water partition coefficient (Wildman–Crippen LogP) is 2.13. The second kappa shape index (κ2) is 5.14. The number of para-hydroxylation sites is 1. The van der Waals surface area contributed by atoms with Crippen LogP contribution in [0.2, 0.25) is 0 Å². The van der Waals surface area contributed by atoms with Crippen LogP contribution in [0.25, 0.3) is 11.0 Å². The van der Waals surface area contributed by atoms with Gasteiger partial charge in [-0.1, -0.05) is 18.2 Å². The first-order chi connectivity index (χ1) is 8.99. The zero-order valence-electron chi connectivity index (χ0n) is 10.7. The molecule has 0 aliphatic rings. The number of carbonyl (C=O) groups is 2. The summed E-state index contributed by atoms with van der Waals surface area (Å²) < 4.78 is 5.58. The van der Waals surface area contributed by atoms with E-state index in [0.717, 1.165) is 5.39 Å². The van der Waals surface area contributed by atoms with Gasteiger partial charge in [0, 0.05) is 5.39 Å². The first-order valence-electron chi connectivity index (χ1n) is 6.00. The maximum absolute atomic E-state index is 11.9. The van der Waals surface area contributed by atoms with Crippen LogP contribution < -0.4 is 5.32 Å². The number of benzene rings is 1. The van der Waals surface area contributed by atoms with Gasteiger partial charge in [0.2, 0.25) is 5.91 Å². The molecule has 0 aliphatic heterocycles. The molecule has 2 unspecified atom stereocenters. The maximum atomic E-state index is 11.9. The van der Waals surface area contributed by atoms with Crippen LogP contribution in [-0.2, 0) is 9.59 Å². The molecule has 2 aromatic rings. The van der Waals surface area contributed by atoms with E-state index in [1.54, 1.807) is 13.0 Å². The second-order valence-electron chi connectivity index (χ2n) is 4.48. The molecule has 1 aromatic heterocycles. The van der Waals surface area contributed by atoms with Gasteiger partial charge in [-0.05, 0) is 26.0 Å². The average Bonchev–Trinajstić information content (AvgIpc) is 2.81. The van der Waals surface area contributed by atoms with Crippen LogP contribution in [0.15, 0.2) is 34.7 Å². The number of nitrogens with one attached hydrogen (secondary N) is 1. The SMILES string of the molecule is CC(NC(=O)C(C)c1cc2ccccc2o1)C(=O)O. The summed E-state index contributed by atoms with van der Waals surface area (Å²) in [5.41, 5.74) is 0.712. The fraction of sp³-hybridized carbons (Fsp3) is 0.286. The highest BCUT2D eigenvalue weighted by atomic mass is 16.4. The molecule has 0 spiro atoms. The maximum Gasteiger partial charge on any atom is 0.325 e. The van der Waals surface area contributed by atoms with Gasteiger partial charge in [-0.15, -0.1) is 0 Å². The van der Waals surface area contributed by atoms with Gasteiger partial charge < -0.3 is 14.8 Å². The van der Waals surface area contributed by atoms with E-state index < -0.39 is 17.9 Å². The van der Waals surface area contributed by atoms with Gasteiger partial charge in [0.05, 0.1) is 5.92 Å². The number of carboxylic acids is 1. The molecule has 2 rings (SSSR count). The third kappa shape index (κ3) is 2.76. The third-order valence-electron chi connectivity index (χ3n) is 2.99. The van der Waals surface area contributed by atoms with E-state index in [-0.39, 0.29) is 5.91 Å². The van der Waals surface area contributed by atoms with Gasteiger partial charge in [-0.3, -0.25) is 9.59 Å². The van der Waals surface area contributed by atoms with Crippen molar-refractivity contribution in [1.29, 1.82) is 0 Å². The molecule has 1 aromatic carbocycles. The van der Waals surface area contributed by atoms with Gasteiger partial charge in [0.15, 0.2) is 0 Å². The average molecular weight is 261 g/mol. The summed E-state index contributed by atoms with van der Waals surface area (Å²) in [6.45, 7) is 3.10. The quantitative estimate of drug-likeness (QED) is 0.883. The highest BCUT2D eigenvalue weighted by molar-refractivity contribution is 5.88. The summed E-state index contributed by atoms with van der Waals surface area (Å²) in [5.74, 6) is -1.44. The molecule has 2 N–H and O–H groups in total. The predicted molar refractivity (Wildman–Crippen MR) is 69.9 cm³/mol. The van der Waals surface area contributed by atoms with Crippen LogP contribution in [0.3, 0.4) is 0 Å². The summed E-state index contributed by atoms with van der Waals surface area (Å²) in [4.78, 5) is 22.6. The van der Waals surface area contributed by atoms with E-state index in [2.05, 4.69) is 5.32 Å².